The Morgan fingerprint density at radius 3 is 2.68 bits per heavy atom. The van der Waals surface area contributed by atoms with Crippen molar-refractivity contribution < 1.29 is 4.74 Å². The first kappa shape index (κ1) is 14.4. The molecule has 2 rings (SSSR count). The van der Waals surface area contributed by atoms with E-state index in [1.165, 1.54) is 5.56 Å². The predicted octanol–water partition coefficient (Wildman–Crippen LogP) is 3.94. The van der Waals surface area contributed by atoms with E-state index in [1.807, 2.05) is 12.1 Å². The molecule has 0 saturated carbocycles. The van der Waals surface area contributed by atoms with E-state index in [1.54, 1.807) is 7.11 Å². The summed E-state index contributed by atoms with van der Waals surface area (Å²) in [6.45, 7) is 4.20. The Hall–Kier alpha value is -0.990. The van der Waals surface area contributed by atoms with E-state index in [4.69, 9.17) is 16.3 Å². The summed E-state index contributed by atoms with van der Waals surface area (Å²) in [5.41, 5.74) is 1.31. The van der Waals surface area contributed by atoms with Crippen LogP contribution in [-0.4, -0.2) is 20.2 Å². The van der Waals surface area contributed by atoms with Crippen molar-refractivity contribution in [3.8, 4) is 5.75 Å². The van der Waals surface area contributed by atoms with Crippen molar-refractivity contribution >= 4 is 11.6 Å². The Bertz CT molecular complexity index is 448. The van der Waals surface area contributed by atoms with Gasteiger partial charge in [0.1, 0.15) is 5.75 Å². The number of allylic oxidation sites excluding steroid dienone is 2. The lowest BCUT2D eigenvalue weighted by molar-refractivity contribution is 0.368. The van der Waals surface area contributed by atoms with E-state index in [2.05, 4.69) is 30.5 Å². The van der Waals surface area contributed by atoms with Gasteiger partial charge < -0.3 is 10.1 Å². The third-order valence-corrected chi connectivity index (χ3v) is 4.04. The maximum atomic E-state index is 6.18. The summed E-state index contributed by atoms with van der Waals surface area (Å²) >= 11 is 6.18. The molecular weight excluding hydrogens is 258 g/mol. The van der Waals surface area contributed by atoms with Gasteiger partial charge in [-0.05, 0) is 44.0 Å². The molecule has 0 unspecified atom stereocenters. The SMILES string of the molecule is CCCNCC1(c2cc(Cl)ccc2OC)CC=CC1. The molecule has 1 aromatic rings. The highest BCUT2D eigenvalue weighted by Crippen LogP contribution is 2.42. The molecule has 0 aromatic heterocycles. The monoisotopic (exact) mass is 279 g/mol. The zero-order chi connectivity index (χ0) is 13.7. The molecule has 0 heterocycles. The minimum absolute atomic E-state index is 0.0887. The van der Waals surface area contributed by atoms with Gasteiger partial charge in [-0.3, -0.25) is 0 Å². The Kier molecular flexibility index (Phi) is 4.89. The van der Waals surface area contributed by atoms with Crippen molar-refractivity contribution in [2.24, 2.45) is 0 Å². The lowest BCUT2D eigenvalue weighted by atomic mass is 9.77. The number of hydrogen-bond acceptors (Lipinski definition) is 2. The van der Waals surface area contributed by atoms with Crippen LogP contribution in [-0.2, 0) is 5.41 Å². The molecule has 19 heavy (non-hydrogen) atoms. The second kappa shape index (κ2) is 6.44. The van der Waals surface area contributed by atoms with Gasteiger partial charge in [-0.2, -0.15) is 0 Å². The summed E-state index contributed by atoms with van der Waals surface area (Å²) in [7, 11) is 1.72. The summed E-state index contributed by atoms with van der Waals surface area (Å²) in [6, 6.07) is 5.91. The maximum absolute atomic E-state index is 6.18. The second-order valence-corrected chi connectivity index (χ2v) is 5.62. The van der Waals surface area contributed by atoms with E-state index in [9.17, 15) is 0 Å². The van der Waals surface area contributed by atoms with Crippen LogP contribution in [0.2, 0.25) is 5.02 Å². The summed E-state index contributed by atoms with van der Waals surface area (Å²) in [5, 5.41) is 4.32. The van der Waals surface area contributed by atoms with Crippen LogP contribution in [0.1, 0.15) is 31.7 Å². The summed E-state index contributed by atoms with van der Waals surface area (Å²) in [6.07, 6.45) is 7.75. The number of halogens is 1. The number of hydrogen-bond donors (Lipinski definition) is 1. The summed E-state index contributed by atoms with van der Waals surface area (Å²) in [5.74, 6) is 0.936. The lowest BCUT2D eigenvalue weighted by Crippen LogP contribution is -2.36. The van der Waals surface area contributed by atoms with Gasteiger partial charge in [-0.15, -0.1) is 0 Å². The molecule has 1 aliphatic carbocycles. The molecule has 1 aromatic carbocycles. The minimum Gasteiger partial charge on any atom is -0.496 e. The zero-order valence-electron chi connectivity index (χ0n) is 11.7. The highest BCUT2D eigenvalue weighted by Gasteiger charge is 2.35. The van der Waals surface area contributed by atoms with Crippen LogP contribution >= 0.6 is 11.6 Å². The van der Waals surface area contributed by atoms with Gasteiger partial charge in [0.25, 0.3) is 0 Å². The molecule has 0 bridgehead atoms. The van der Waals surface area contributed by atoms with E-state index in [-0.39, 0.29) is 5.41 Å². The van der Waals surface area contributed by atoms with Gasteiger partial charge in [0.15, 0.2) is 0 Å². The second-order valence-electron chi connectivity index (χ2n) is 5.18. The number of ether oxygens (including phenoxy) is 1. The predicted molar refractivity (Wildman–Crippen MR) is 81.2 cm³/mol. The van der Waals surface area contributed by atoms with Crippen molar-refractivity contribution in [3.63, 3.8) is 0 Å². The Morgan fingerprint density at radius 1 is 1.32 bits per heavy atom. The van der Waals surface area contributed by atoms with Gasteiger partial charge in [0.2, 0.25) is 0 Å². The molecule has 3 heteroatoms. The lowest BCUT2D eigenvalue weighted by Gasteiger charge is -2.31. The molecule has 0 fully saturated rings. The average molecular weight is 280 g/mol. The van der Waals surface area contributed by atoms with Crippen molar-refractivity contribution in [1.29, 1.82) is 0 Å². The molecule has 0 spiro atoms. The molecule has 0 aliphatic heterocycles. The number of rotatable bonds is 6. The smallest absolute Gasteiger partial charge is 0.122 e. The fraction of sp³-hybridized carbons (Fsp3) is 0.500. The standard InChI is InChI=1S/C16H22ClNO/c1-3-10-18-12-16(8-4-5-9-16)14-11-13(17)6-7-15(14)19-2/h4-7,11,18H,3,8-10,12H2,1-2H3. The molecular formula is C16H22ClNO. The van der Waals surface area contributed by atoms with Crippen LogP contribution in [0.5, 0.6) is 5.75 Å². The summed E-state index contributed by atoms with van der Waals surface area (Å²) in [4.78, 5) is 0. The van der Waals surface area contributed by atoms with Gasteiger partial charge in [-0.25, -0.2) is 0 Å². The average Bonchev–Trinajstić information content (AvgIpc) is 2.89. The van der Waals surface area contributed by atoms with E-state index < -0.39 is 0 Å². The highest BCUT2D eigenvalue weighted by atomic mass is 35.5. The number of methoxy groups -OCH3 is 1. The molecule has 0 saturated heterocycles. The van der Waals surface area contributed by atoms with Gasteiger partial charge in [0.05, 0.1) is 7.11 Å². The summed E-state index contributed by atoms with van der Waals surface area (Å²) < 4.78 is 5.53. The third kappa shape index (κ3) is 3.13. The van der Waals surface area contributed by atoms with Gasteiger partial charge >= 0.3 is 0 Å². The zero-order valence-corrected chi connectivity index (χ0v) is 12.5. The van der Waals surface area contributed by atoms with Crippen molar-refractivity contribution in [1.82, 2.24) is 5.32 Å². The topological polar surface area (TPSA) is 21.3 Å². The molecule has 2 nitrogen and oxygen atoms in total. The Morgan fingerprint density at radius 2 is 2.05 bits per heavy atom. The quantitative estimate of drug-likeness (QED) is 0.629. The van der Waals surface area contributed by atoms with Crippen LogP contribution in [0.3, 0.4) is 0 Å². The first-order chi connectivity index (χ1) is 9.22. The number of benzene rings is 1. The van der Waals surface area contributed by atoms with E-state index in [0.29, 0.717) is 0 Å². The van der Waals surface area contributed by atoms with Crippen LogP contribution in [0, 0.1) is 0 Å². The molecule has 104 valence electrons. The number of nitrogens with one attached hydrogen (secondary N) is 1. The molecule has 1 N–H and O–H groups in total. The molecule has 1 aliphatic rings. The fourth-order valence-corrected chi connectivity index (χ4v) is 2.93. The molecule has 0 atom stereocenters. The molecule has 0 radical (unpaired) electrons. The Labute approximate surface area is 120 Å². The van der Waals surface area contributed by atoms with Crippen molar-refractivity contribution in [3.05, 3.63) is 40.9 Å². The van der Waals surface area contributed by atoms with Crippen molar-refractivity contribution in [2.45, 2.75) is 31.6 Å². The fourth-order valence-electron chi connectivity index (χ4n) is 2.76. The van der Waals surface area contributed by atoms with Gasteiger partial charge in [-0.1, -0.05) is 30.7 Å². The highest BCUT2D eigenvalue weighted by molar-refractivity contribution is 6.30. The Balaban J connectivity index is 2.30. The van der Waals surface area contributed by atoms with Crippen molar-refractivity contribution in [2.75, 3.05) is 20.2 Å². The maximum Gasteiger partial charge on any atom is 0.122 e. The normalized spacial score (nSPS) is 16.8. The van der Waals surface area contributed by atoms with Crippen LogP contribution in [0.25, 0.3) is 0 Å². The largest absolute Gasteiger partial charge is 0.496 e. The van der Waals surface area contributed by atoms with Crippen LogP contribution in [0.15, 0.2) is 30.4 Å². The van der Waals surface area contributed by atoms with Crippen LogP contribution < -0.4 is 10.1 Å². The van der Waals surface area contributed by atoms with Gasteiger partial charge in [0, 0.05) is 22.5 Å². The molecule has 0 amide bonds. The third-order valence-electron chi connectivity index (χ3n) is 3.81. The van der Waals surface area contributed by atoms with Crippen LogP contribution in [0.4, 0.5) is 0 Å². The van der Waals surface area contributed by atoms with E-state index >= 15 is 0 Å². The first-order valence-electron chi connectivity index (χ1n) is 6.91. The first-order valence-corrected chi connectivity index (χ1v) is 7.29. The van der Waals surface area contributed by atoms with E-state index in [0.717, 1.165) is 43.1 Å². The minimum atomic E-state index is 0.0887.